The van der Waals surface area contributed by atoms with Crippen LogP contribution in [0.4, 0.5) is 0 Å². The Hall–Kier alpha value is -2.58. The van der Waals surface area contributed by atoms with Crippen molar-refractivity contribution >= 4 is 34.6 Å². The van der Waals surface area contributed by atoms with Gasteiger partial charge in [0.1, 0.15) is 23.5 Å². The van der Waals surface area contributed by atoms with Crippen LogP contribution >= 0.6 is 11.6 Å². The molecule has 0 radical (unpaired) electrons. The van der Waals surface area contributed by atoms with Gasteiger partial charge in [-0.2, -0.15) is 5.26 Å². The van der Waals surface area contributed by atoms with Crippen molar-refractivity contribution < 1.29 is 13.9 Å². The summed E-state index contributed by atoms with van der Waals surface area (Å²) in [6.45, 7) is 1.76. The Balaban J connectivity index is 2.57. The number of hydrogen-bond acceptors (Lipinski definition) is 5. The molecule has 0 N–H and O–H groups in total. The molecule has 0 fully saturated rings. The van der Waals surface area contributed by atoms with Crippen LogP contribution < -0.4 is 5.43 Å². The summed E-state index contributed by atoms with van der Waals surface area (Å²) in [6.07, 6.45) is 2.33. The molecule has 2 rings (SSSR count). The van der Waals surface area contributed by atoms with Gasteiger partial charge in [0.2, 0.25) is 0 Å². The number of halogens is 1. The molecule has 0 unspecified atom stereocenters. The van der Waals surface area contributed by atoms with Gasteiger partial charge in [-0.3, -0.25) is 4.79 Å². The Labute approximate surface area is 125 Å². The summed E-state index contributed by atoms with van der Waals surface area (Å²) in [5.74, 6) is -0.786. The van der Waals surface area contributed by atoms with E-state index in [9.17, 15) is 9.59 Å². The lowest BCUT2D eigenvalue weighted by Gasteiger charge is -2.01. The molecule has 21 heavy (non-hydrogen) atoms. The van der Waals surface area contributed by atoms with E-state index in [4.69, 9.17) is 26.0 Å². The summed E-state index contributed by atoms with van der Waals surface area (Å²) in [4.78, 5) is 23.8. The van der Waals surface area contributed by atoms with Gasteiger partial charge >= 0.3 is 5.97 Å². The molecule has 0 bridgehead atoms. The number of fused-ring (bicyclic) bond motifs is 1. The average Bonchev–Trinajstić information content (AvgIpc) is 2.47. The van der Waals surface area contributed by atoms with E-state index in [1.54, 1.807) is 25.1 Å². The van der Waals surface area contributed by atoms with Gasteiger partial charge in [-0.05, 0) is 31.2 Å². The van der Waals surface area contributed by atoms with Gasteiger partial charge in [0.15, 0.2) is 5.43 Å². The molecular formula is C15H10ClNO4. The molecule has 0 amide bonds. The van der Waals surface area contributed by atoms with Crippen LogP contribution in [0.3, 0.4) is 0 Å². The van der Waals surface area contributed by atoms with Crippen molar-refractivity contribution in [2.75, 3.05) is 6.61 Å². The number of rotatable bonds is 3. The van der Waals surface area contributed by atoms with Crippen molar-refractivity contribution in [3.63, 3.8) is 0 Å². The molecule has 0 aliphatic heterocycles. The molecule has 2 aromatic rings. The van der Waals surface area contributed by atoms with Crippen molar-refractivity contribution in [1.82, 2.24) is 0 Å². The molecule has 5 nitrogen and oxygen atoms in total. The van der Waals surface area contributed by atoms with Gasteiger partial charge in [-0.25, -0.2) is 4.79 Å². The molecule has 1 aromatic carbocycles. The third kappa shape index (κ3) is 3.12. The normalized spacial score (nSPS) is 11.2. The third-order valence-corrected chi connectivity index (χ3v) is 2.91. The molecule has 0 aliphatic carbocycles. The van der Waals surface area contributed by atoms with Crippen molar-refractivity contribution in [2.24, 2.45) is 0 Å². The Morgan fingerprint density at radius 1 is 1.52 bits per heavy atom. The van der Waals surface area contributed by atoms with Crippen LogP contribution in [-0.4, -0.2) is 12.6 Å². The van der Waals surface area contributed by atoms with Crippen LogP contribution in [-0.2, 0) is 9.53 Å². The van der Waals surface area contributed by atoms with E-state index in [1.807, 2.05) is 0 Å². The number of ether oxygens (including phenoxy) is 1. The van der Waals surface area contributed by atoms with E-state index < -0.39 is 5.97 Å². The Morgan fingerprint density at radius 3 is 2.95 bits per heavy atom. The second kappa shape index (κ2) is 6.25. The summed E-state index contributed by atoms with van der Waals surface area (Å²) in [7, 11) is 0. The summed E-state index contributed by atoms with van der Waals surface area (Å²) in [5.41, 5.74) is -0.202. The standard InChI is InChI=1S/C15H10ClNO4/c1-2-20-15(19)9(7-17)5-10-8-21-13-4-3-11(16)6-12(13)14(10)18/h3-6,8H,2H2,1H3/b9-5-. The molecule has 0 aliphatic rings. The number of carbonyl (C=O) groups is 1. The lowest BCUT2D eigenvalue weighted by Crippen LogP contribution is -2.09. The first-order chi connectivity index (χ1) is 10.1. The first-order valence-electron chi connectivity index (χ1n) is 6.06. The number of esters is 1. The monoisotopic (exact) mass is 303 g/mol. The van der Waals surface area contributed by atoms with Crippen LogP contribution in [0.15, 0.2) is 39.2 Å². The Morgan fingerprint density at radius 2 is 2.29 bits per heavy atom. The highest BCUT2D eigenvalue weighted by Crippen LogP contribution is 2.18. The first kappa shape index (κ1) is 14.8. The van der Waals surface area contributed by atoms with E-state index >= 15 is 0 Å². The molecule has 0 saturated carbocycles. The van der Waals surface area contributed by atoms with E-state index in [2.05, 4.69) is 0 Å². The number of nitrogens with zero attached hydrogens (tertiary/aromatic N) is 1. The van der Waals surface area contributed by atoms with E-state index in [1.165, 1.54) is 12.3 Å². The first-order valence-corrected chi connectivity index (χ1v) is 6.44. The summed E-state index contributed by atoms with van der Waals surface area (Å²) in [5, 5.41) is 9.63. The maximum absolute atomic E-state index is 12.3. The van der Waals surface area contributed by atoms with Crippen LogP contribution in [0, 0.1) is 11.3 Å². The lowest BCUT2D eigenvalue weighted by atomic mass is 10.1. The quantitative estimate of drug-likeness (QED) is 0.495. The topological polar surface area (TPSA) is 80.3 Å². The van der Waals surface area contributed by atoms with E-state index in [0.717, 1.165) is 6.08 Å². The summed E-state index contributed by atoms with van der Waals surface area (Å²) < 4.78 is 10.0. The average molecular weight is 304 g/mol. The summed E-state index contributed by atoms with van der Waals surface area (Å²) >= 11 is 5.85. The van der Waals surface area contributed by atoms with Gasteiger partial charge in [0.05, 0.1) is 17.6 Å². The zero-order chi connectivity index (χ0) is 15.4. The predicted molar refractivity (Wildman–Crippen MR) is 77.7 cm³/mol. The van der Waals surface area contributed by atoms with Crippen LogP contribution in [0.5, 0.6) is 0 Å². The third-order valence-electron chi connectivity index (χ3n) is 2.68. The summed E-state index contributed by atoms with van der Waals surface area (Å²) in [6, 6.07) is 6.34. The lowest BCUT2D eigenvalue weighted by molar-refractivity contribution is -0.137. The highest BCUT2D eigenvalue weighted by Gasteiger charge is 2.12. The van der Waals surface area contributed by atoms with Gasteiger partial charge in [0.25, 0.3) is 0 Å². The fourth-order valence-electron chi connectivity index (χ4n) is 1.72. The fraction of sp³-hybridized carbons (Fsp3) is 0.133. The van der Waals surface area contributed by atoms with Crippen LogP contribution in [0.2, 0.25) is 5.02 Å². The smallest absolute Gasteiger partial charge is 0.348 e. The van der Waals surface area contributed by atoms with Crippen molar-refractivity contribution in [3.05, 3.63) is 50.8 Å². The molecule has 1 heterocycles. The minimum absolute atomic E-state index is 0.0781. The zero-order valence-electron chi connectivity index (χ0n) is 11.1. The molecule has 0 saturated heterocycles. The Bertz CT molecular complexity index is 830. The highest BCUT2D eigenvalue weighted by molar-refractivity contribution is 6.31. The maximum Gasteiger partial charge on any atom is 0.348 e. The molecule has 6 heteroatoms. The predicted octanol–water partition coefficient (Wildman–Crippen LogP) is 2.92. The molecule has 106 valence electrons. The minimum atomic E-state index is -0.786. The molecule has 1 aromatic heterocycles. The van der Waals surface area contributed by atoms with Crippen molar-refractivity contribution in [2.45, 2.75) is 6.92 Å². The highest BCUT2D eigenvalue weighted by atomic mass is 35.5. The van der Waals surface area contributed by atoms with Gasteiger partial charge in [0, 0.05) is 5.02 Å². The van der Waals surface area contributed by atoms with Crippen molar-refractivity contribution in [3.8, 4) is 6.07 Å². The van der Waals surface area contributed by atoms with Gasteiger partial charge in [-0.15, -0.1) is 0 Å². The molecular weight excluding hydrogens is 294 g/mol. The van der Waals surface area contributed by atoms with Crippen LogP contribution in [0.1, 0.15) is 12.5 Å². The van der Waals surface area contributed by atoms with E-state index in [-0.39, 0.29) is 28.6 Å². The van der Waals surface area contributed by atoms with Gasteiger partial charge in [-0.1, -0.05) is 11.6 Å². The minimum Gasteiger partial charge on any atom is -0.463 e. The number of nitriles is 1. The maximum atomic E-state index is 12.3. The zero-order valence-corrected chi connectivity index (χ0v) is 11.8. The van der Waals surface area contributed by atoms with Crippen molar-refractivity contribution in [1.29, 1.82) is 5.26 Å². The fourth-order valence-corrected chi connectivity index (χ4v) is 1.89. The largest absolute Gasteiger partial charge is 0.463 e. The second-order valence-electron chi connectivity index (χ2n) is 4.05. The molecule has 0 atom stereocenters. The number of hydrogen-bond donors (Lipinski definition) is 0. The van der Waals surface area contributed by atoms with Gasteiger partial charge < -0.3 is 9.15 Å². The Kier molecular flexibility index (Phi) is 4.41. The van der Waals surface area contributed by atoms with Crippen LogP contribution in [0.25, 0.3) is 17.0 Å². The second-order valence-corrected chi connectivity index (χ2v) is 4.49. The SMILES string of the molecule is CCOC(=O)/C(C#N)=C\c1coc2ccc(Cl)cc2c1=O. The molecule has 0 spiro atoms. The number of carbonyl (C=O) groups excluding carboxylic acids is 1. The number of benzene rings is 1. The van der Waals surface area contributed by atoms with E-state index in [0.29, 0.717) is 10.6 Å².